The first kappa shape index (κ1) is 25.8. The predicted molar refractivity (Wildman–Crippen MR) is 139 cm³/mol. The Labute approximate surface area is 211 Å². The third-order valence-electron chi connectivity index (χ3n) is 5.81. The van der Waals surface area contributed by atoms with E-state index >= 15 is 0 Å². The number of hydrogen-bond donors (Lipinski definition) is 1. The van der Waals surface area contributed by atoms with Crippen molar-refractivity contribution >= 4 is 35.0 Å². The summed E-state index contributed by atoms with van der Waals surface area (Å²) in [5.41, 5.74) is 4.89. The molecule has 0 radical (unpaired) electrons. The van der Waals surface area contributed by atoms with Crippen LogP contribution in [0.2, 0.25) is 10.0 Å². The predicted octanol–water partition coefficient (Wildman–Crippen LogP) is 5.93. The molecule has 0 aliphatic heterocycles. The Morgan fingerprint density at radius 2 is 1.65 bits per heavy atom. The highest BCUT2D eigenvalue weighted by molar-refractivity contribution is 6.42. The Hall–Kier alpha value is -2.82. The molecule has 0 aliphatic carbocycles. The third-order valence-corrected chi connectivity index (χ3v) is 6.54. The molecule has 0 unspecified atom stereocenters. The molecule has 0 saturated heterocycles. The van der Waals surface area contributed by atoms with Crippen molar-refractivity contribution < 1.29 is 9.59 Å². The van der Waals surface area contributed by atoms with Crippen molar-refractivity contribution in [3.05, 3.63) is 105 Å². The van der Waals surface area contributed by atoms with Crippen LogP contribution in [-0.2, 0) is 29.0 Å². The van der Waals surface area contributed by atoms with Crippen LogP contribution in [0.15, 0.2) is 66.7 Å². The van der Waals surface area contributed by atoms with Crippen LogP contribution in [0.4, 0.5) is 0 Å². The van der Waals surface area contributed by atoms with E-state index in [1.165, 1.54) is 0 Å². The molecule has 34 heavy (non-hydrogen) atoms. The molecule has 3 aromatic carbocycles. The second kappa shape index (κ2) is 12.0. The first-order chi connectivity index (χ1) is 16.3. The van der Waals surface area contributed by atoms with Crippen LogP contribution in [0.3, 0.4) is 0 Å². The van der Waals surface area contributed by atoms with Gasteiger partial charge in [0.1, 0.15) is 6.04 Å². The zero-order chi connectivity index (χ0) is 24.7. The molecule has 0 heterocycles. The topological polar surface area (TPSA) is 49.4 Å². The molecular formula is C28H30Cl2N2O2. The van der Waals surface area contributed by atoms with Crippen LogP contribution in [-0.4, -0.2) is 29.3 Å². The van der Waals surface area contributed by atoms with Crippen LogP contribution in [0.25, 0.3) is 0 Å². The fourth-order valence-corrected chi connectivity index (χ4v) is 4.26. The minimum atomic E-state index is -0.672. The van der Waals surface area contributed by atoms with Gasteiger partial charge in [0.15, 0.2) is 0 Å². The van der Waals surface area contributed by atoms with Gasteiger partial charge in [-0.25, -0.2) is 0 Å². The van der Waals surface area contributed by atoms with Crippen molar-refractivity contribution in [3.8, 4) is 0 Å². The number of nitrogens with one attached hydrogen (secondary N) is 1. The van der Waals surface area contributed by atoms with Gasteiger partial charge in [-0.1, -0.05) is 83.4 Å². The summed E-state index contributed by atoms with van der Waals surface area (Å²) < 4.78 is 0. The molecule has 4 nitrogen and oxygen atoms in total. The third kappa shape index (κ3) is 6.85. The van der Waals surface area contributed by atoms with Crippen molar-refractivity contribution in [3.63, 3.8) is 0 Å². The fraction of sp³-hybridized carbons (Fsp3) is 0.286. The van der Waals surface area contributed by atoms with E-state index in [9.17, 15) is 9.59 Å². The van der Waals surface area contributed by atoms with Crippen molar-refractivity contribution in [2.24, 2.45) is 0 Å². The SMILES string of the molecule is CCNC(=O)[C@H](Cc1ccccc1)N(Cc1ccc(Cl)c(Cl)c1)C(=O)Cc1cc(C)ccc1C. The van der Waals surface area contributed by atoms with E-state index in [0.29, 0.717) is 23.0 Å². The number of hydrogen-bond acceptors (Lipinski definition) is 2. The highest BCUT2D eigenvalue weighted by Crippen LogP contribution is 2.25. The van der Waals surface area contributed by atoms with E-state index in [4.69, 9.17) is 23.2 Å². The molecular weight excluding hydrogens is 467 g/mol. The maximum Gasteiger partial charge on any atom is 0.243 e. The van der Waals surface area contributed by atoms with Gasteiger partial charge in [0.2, 0.25) is 11.8 Å². The molecule has 6 heteroatoms. The molecule has 0 saturated carbocycles. The summed E-state index contributed by atoms with van der Waals surface area (Å²) in [6.45, 7) is 6.61. The Balaban J connectivity index is 2.00. The number of nitrogens with zero attached hydrogens (tertiary/aromatic N) is 1. The molecule has 3 aromatic rings. The van der Waals surface area contributed by atoms with Crippen LogP contribution in [0.1, 0.15) is 34.7 Å². The van der Waals surface area contributed by atoms with Crippen LogP contribution >= 0.6 is 23.2 Å². The summed E-state index contributed by atoms with van der Waals surface area (Å²) in [6.07, 6.45) is 0.617. The number of carbonyl (C=O) groups is 2. The van der Waals surface area contributed by atoms with Crippen LogP contribution in [0.5, 0.6) is 0 Å². The highest BCUT2D eigenvalue weighted by Gasteiger charge is 2.30. The summed E-state index contributed by atoms with van der Waals surface area (Å²) in [5.74, 6) is -0.298. The first-order valence-electron chi connectivity index (χ1n) is 11.4. The Kier molecular flexibility index (Phi) is 9.14. The van der Waals surface area contributed by atoms with Gasteiger partial charge in [0, 0.05) is 19.5 Å². The molecule has 1 N–H and O–H groups in total. The van der Waals surface area contributed by atoms with E-state index in [1.54, 1.807) is 17.0 Å². The summed E-state index contributed by atoms with van der Waals surface area (Å²) in [7, 11) is 0. The molecule has 0 bridgehead atoms. The summed E-state index contributed by atoms with van der Waals surface area (Å²) in [6, 6.07) is 20.5. The van der Waals surface area contributed by atoms with E-state index in [-0.39, 0.29) is 24.8 Å². The van der Waals surface area contributed by atoms with E-state index < -0.39 is 6.04 Å². The lowest BCUT2D eigenvalue weighted by atomic mass is 9.99. The van der Waals surface area contributed by atoms with E-state index in [2.05, 4.69) is 5.32 Å². The molecule has 1 atom stereocenters. The van der Waals surface area contributed by atoms with Crippen molar-refractivity contribution in [2.45, 2.75) is 46.2 Å². The number of amides is 2. The van der Waals surface area contributed by atoms with E-state index in [0.717, 1.165) is 27.8 Å². The molecule has 0 spiro atoms. The van der Waals surface area contributed by atoms with Gasteiger partial charge in [0.05, 0.1) is 16.5 Å². The van der Waals surface area contributed by atoms with E-state index in [1.807, 2.05) is 75.4 Å². The number of rotatable bonds is 9. The van der Waals surface area contributed by atoms with Gasteiger partial charge < -0.3 is 10.2 Å². The average Bonchev–Trinajstić information content (AvgIpc) is 2.81. The largest absolute Gasteiger partial charge is 0.355 e. The van der Waals surface area contributed by atoms with Crippen LogP contribution in [0, 0.1) is 13.8 Å². The Morgan fingerprint density at radius 1 is 0.912 bits per heavy atom. The maximum absolute atomic E-state index is 13.8. The lowest BCUT2D eigenvalue weighted by Gasteiger charge is -2.32. The minimum absolute atomic E-state index is 0.119. The quantitative estimate of drug-likeness (QED) is 0.399. The zero-order valence-corrected chi connectivity index (χ0v) is 21.3. The first-order valence-corrected chi connectivity index (χ1v) is 12.1. The zero-order valence-electron chi connectivity index (χ0n) is 19.8. The molecule has 178 valence electrons. The summed E-state index contributed by atoms with van der Waals surface area (Å²) in [4.78, 5) is 28.7. The Bertz CT molecular complexity index is 1150. The standard InChI is InChI=1S/C28H30Cl2N2O2/c1-4-31-28(34)26(16-21-8-6-5-7-9-21)32(18-22-12-13-24(29)25(30)15-22)27(33)17-23-14-19(2)10-11-20(23)3/h5-15,26H,4,16-18H2,1-3H3,(H,31,34)/t26-/m0/s1. The van der Waals surface area contributed by atoms with Crippen molar-refractivity contribution in [1.82, 2.24) is 10.2 Å². The number of halogens is 2. The molecule has 3 rings (SSSR count). The number of aryl methyl sites for hydroxylation is 2. The summed E-state index contributed by atoms with van der Waals surface area (Å²) >= 11 is 12.4. The monoisotopic (exact) mass is 496 g/mol. The van der Waals surface area contributed by atoms with Gasteiger partial charge in [-0.2, -0.15) is 0 Å². The van der Waals surface area contributed by atoms with Gasteiger partial charge in [-0.3, -0.25) is 9.59 Å². The average molecular weight is 497 g/mol. The highest BCUT2D eigenvalue weighted by atomic mass is 35.5. The van der Waals surface area contributed by atoms with Gasteiger partial charge >= 0.3 is 0 Å². The lowest BCUT2D eigenvalue weighted by molar-refractivity contribution is -0.140. The maximum atomic E-state index is 13.8. The summed E-state index contributed by atoms with van der Waals surface area (Å²) in [5, 5.41) is 3.77. The minimum Gasteiger partial charge on any atom is -0.355 e. The number of benzene rings is 3. The molecule has 2 amide bonds. The van der Waals surface area contributed by atoms with Gasteiger partial charge in [-0.15, -0.1) is 0 Å². The smallest absolute Gasteiger partial charge is 0.243 e. The van der Waals surface area contributed by atoms with Gasteiger partial charge in [0.25, 0.3) is 0 Å². The second-order valence-electron chi connectivity index (χ2n) is 8.48. The Morgan fingerprint density at radius 3 is 2.32 bits per heavy atom. The van der Waals surface area contributed by atoms with Crippen molar-refractivity contribution in [1.29, 1.82) is 0 Å². The number of likely N-dealkylation sites (N-methyl/N-ethyl adjacent to an activating group) is 1. The second-order valence-corrected chi connectivity index (χ2v) is 9.29. The molecule has 0 aromatic heterocycles. The van der Waals surface area contributed by atoms with Gasteiger partial charge in [-0.05, 0) is 55.2 Å². The lowest BCUT2D eigenvalue weighted by Crippen LogP contribution is -2.51. The van der Waals surface area contributed by atoms with Crippen molar-refractivity contribution in [2.75, 3.05) is 6.54 Å². The normalized spacial score (nSPS) is 11.7. The molecule has 0 fully saturated rings. The molecule has 0 aliphatic rings. The number of carbonyl (C=O) groups excluding carboxylic acids is 2. The van der Waals surface area contributed by atoms with Crippen LogP contribution < -0.4 is 5.32 Å². The fourth-order valence-electron chi connectivity index (χ4n) is 3.94.